The lowest BCUT2D eigenvalue weighted by Gasteiger charge is -2.35. The van der Waals surface area contributed by atoms with E-state index in [4.69, 9.17) is 4.52 Å². The topological polar surface area (TPSA) is 38.9 Å². The fourth-order valence-corrected chi connectivity index (χ4v) is 1.75. The van der Waals surface area contributed by atoms with E-state index < -0.39 is 9.06 Å². The summed E-state index contributed by atoms with van der Waals surface area (Å²) in [6.07, 6.45) is 4.05. The summed E-state index contributed by atoms with van der Waals surface area (Å²) in [5.41, 5.74) is -0.0303. The Hall–Kier alpha value is -0.160. The fourth-order valence-electron chi connectivity index (χ4n) is 1.00. The number of nitrogens with zero attached hydrogens (tertiary/aromatic N) is 2. The standard InChI is InChI=1S/C11H22N2OS2/c1-10(2,3)11(4,5)8-12-9(14-13-8)16(6,7)15/h15H,1-7H3. The Morgan fingerprint density at radius 1 is 1.12 bits per heavy atom. The maximum atomic E-state index is 5.31. The van der Waals surface area contributed by atoms with Crippen LogP contribution < -0.4 is 0 Å². The third-order valence-electron chi connectivity index (χ3n) is 3.27. The van der Waals surface area contributed by atoms with Crippen LogP contribution in [0.25, 0.3) is 0 Å². The van der Waals surface area contributed by atoms with Crippen molar-refractivity contribution in [3.8, 4) is 0 Å². The minimum Gasteiger partial charge on any atom is -0.328 e. The molecule has 0 saturated carbocycles. The van der Waals surface area contributed by atoms with Gasteiger partial charge in [-0.25, -0.2) is 0 Å². The van der Waals surface area contributed by atoms with E-state index in [-0.39, 0.29) is 10.8 Å². The zero-order valence-electron chi connectivity index (χ0n) is 11.2. The van der Waals surface area contributed by atoms with Crippen LogP contribution in [0.2, 0.25) is 0 Å². The van der Waals surface area contributed by atoms with Gasteiger partial charge in [-0.1, -0.05) is 39.8 Å². The van der Waals surface area contributed by atoms with Gasteiger partial charge in [0.05, 0.1) is 0 Å². The van der Waals surface area contributed by atoms with E-state index in [0.29, 0.717) is 5.22 Å². The third-order valence-corrected chi connectivity index (χ3v) is 4.76. The van der Waals surface area contributed by atoms with Crippen molar-refractivity contribution in [3.63, 3.8) is 0 Å². The van der Waals surface area contributed by atoms with Gasteiger partial charge in [0.25, 0.3) is 5.22 Å². The molecular formula is C11H22N2OS2. The normalized spacial score (nSPS) is 15.2. The molecule has 3 nitrogen and oxygen atoms in total. The summed E-state index contributed by atoms with van der Waals surface area (Å²) in [6, 6.07) is 0. The maximum absolute atomic E-state index is 5.31. The minimum atomic E-state index is -1.23. The lowest BCUT2D eigenvalue weighted by molar-refractivity contribution is 0.206. The molecule has 5 heteroatoms. The van der Waals surface area contributed by atoms with Crippen molar-refractivity contribution < 1.29 is 4.52 Å². The van der Waals surface area contributed by atoms with E-state index in [9.17, 15) is 0 Å². The first-order chi connectivity index (χ1) is 6.96. The van der Waals surface area contributed by atoms with Crippen molar-refractivity contribution >= 4 is 20.7 Å². The van der Waals surface area contributed by atoms with Crippen molar-refractivity contribution in [3.05, 3.63) is 5.82 Å². The smallest absolute Gasteiger partial charge is 0.276 e. The molecular weight excluding hydrogens is 240 g/mol. The molecule has 0 bridgehead atoms. The molecule has 0 unspecified atom stereocenters. The Balaban J connectivity index is 3.13. The van der Waals surface area contributed by atoms with Crippen LogP contribution in [0.3, 0.4) is 0 Å². The highest BCUT2D eigenvalue weighted by atomic mass is 33.1. The second-order valence-electron chi connectivity index (χ2n) is 6.03. The van der Waals surface area contributed by atoms with Gasteiger partial charge in [-0.2, -0.15) is 4.98 Å². The summed E-state index contributed by atoms with van der Waals surface area (Å²) in [5, 5.41) is 4.76. The summed E-state index contributed by atoms with van der Waals surface area (Å²) in [6.45, 7) is 10.8. The number of thiol groups is 1. The van der Waals surface area contributed by atoms with E-state index in [0.717, 1.165) is 5.82 Å². The maximum Gasteiger partial charge on any atom is 0.276 e. The van der Waals surface area contributed by atoms with Crippen LogP contribution in [0.1, 0.15) is 40.4 Å². The van der Waals surface area contributed by atoms with Gasteiger partial charge >= 0.3 is 0 Å². The zero-order valence-corrected chi connectivity index (χ0v) is 12.9. The van der Waals surface area contributed by atoms with Crippen LogP contribution in [0.15, 0.2) is 9.75 Å². The highest BCUT2D eigenvalue weighted by molar-refractivity contribution is 8.87. The van der Waals surface area contributed by atoms with E-state index in [1.165, 1.54) is 0 Å². The third kappa shape index (κ3) is 2.56. The second-order valence-corrected chi connectivity index (χ2v) is 11.7. The molecule has 0 aliphatic rings. The van der Waals surface area contributed by atoms with Gasteiger partial charge in [0.1, 0.15) is 0 Å². The SMILES string of the molecule is CC(C)(C)C(C)(C)c1noc(S(C)(C)S)n1. The van der Waals surface area contributed by atoms with Crippen molar-refractivity contribution in [2.24, 2.45) is 5.41 Å². The molecule has 0 amide bonds. The number of rotatable bonds is 2. The summed E-state index contributed by atoms with van der Waals surface area (Å²) < 4.78 is 5.31. The fraction of sp³-hybridized carbons (Fsp3) is 0.818. The molecule has 1 aromatic heterocycles. The monoisotopic (exact) mass is 262 g/mol. The summed E-state index contributed by atoms with van der Waals surface area (Å²) in [7, 11) is -1.23. The quantitative estimate of drug-likeness (QED) is 0.653. The Morgan fingerprint density at radius 3 is 1.94 bits per heavy atom. The van der Waals surface area contributed by atoms with E-state index in [1.54, 1.807) is 0 Å². The highest BCUT2D eigenvalue weighted by Crippen LogP contribution is 2.53. The molecule has 0 aromatic carbocycles. The molecule has 0 atom stereocenters. The van der Waals surface area contributed by atoms with Gasteiger partial charge in [-0.3, -0.25) is 0 Å². The number of hydrogen-bond acceptors (Lipinski definition) is 4. The first kappa shape index (κ1) is 13.9. The van der Waals surface area contributed by atoms with Gasteiger partial charge in [0, 0.05) is 5.41 Å². The van der Waals surface area contributed by atoms with Crippen molar-refractivity contribution in [2.75, 3.05) is 12.5 Å². The molecule has 94 valence electrons. The molecule has 1 heterocycles. The predicted octanol–water partition coefficient (Wildman–Crippen LogP) is 3.66. The molecule has 0 aliphatic carbocycles. The molecule has 1 rings (SSSR count). The minimum absolute atomic E-state index is 0.0875. The molecule has 16 heavy (non-hydrogen) atoms. The van der Waals surface area contributed by atoms with Crippen molar-refractivity contribution in [1.29, 1.82) is 0 Å². The molecule has 0 fully saturated rings. The van der Waals surface area contributed by atoms with E-state index in [1.807, 2.05) is 12.5 Å². The van der Waals surface area contributed by atoms with Crippen molar-refractivity contribution in [1.82, 2.24) is 10.1 Å². The van der Waals surface area contributed by atoms with E-state index in [2.05, 4.69) is 56.4 Å². The molecule has 0 spiro atoms. The van der Waals surface area contributed by atoms with Gasteiger partial charge in [-0.05, 0) is 17.9 Å². The lowest BCUT2D eigenvalue weighted by atomic mass is 9.69. The number of aromatic nitrogens is 2. The molecule has 0 aliphatic heterocycles. The molecule has 0 saturated heterocycles. The summed E-state index contributed by atoms with van der Waals surface area (Å²) >= 11 is 4.51. The molecule has 0 N–H and O–H groups in total. The first-order valence-electron chi connectivity index (χ1n) is 5.26. The van der Waals surface area contributed by atoms with Gasteiger partial charge in [0.2, 0.25) is 0 Å². The highest BCUT2D eigenvalue weighted by Gasteiger charge is 2.39. The van der Waals surface area contributed by atoms with Crippen LogP contribution in [0.4, 0.5) is 0 Å². The first-order valence-corrected chi connectivity index (χ1v) is 8.76. The average Bonchev–Trinajstić information content (AvgIpc) is 2.47. The summed E-state index contributed by atoms with van der Waals surface area (Å²) in [4.78, 5) is 4.50. The summed E-state index contributed by atoms with van der Waals surface area (Å²) in [5.74, 6) is 0.768. The van der Waals surface area contributed by atoms with Crippen LogP contribution in [0, 0.1) is 5.41 Å². The average molecular weight is 262 g/mol. The molecule has 1 aromatic rings. The van der Waals surface area contributed by atoms with Gasteiger partial charge < -0.3 is 4.52 Å². The van der Waals surface area contributed by atoms with Gasteiger partial charge in [-0.15, -0.1) is 20.7 Å². The van der Waals surface area contributed by atoms with Crippen LogP contribution >= 0.6 is 20.7 Å². The molecule has 0 radical (unpaired) electrons. The van der Waals surface area contributed by atoms with Crippen LogP contribution in [-0.2, 0) is 5.41 Å². The van der Waals surface area contributed by atoms with Crippen molar-refractivity contribution in [2.45, 2.75) is 45.3 Å². The Kier molecular flexibility index (Phi) is 3.43. The lowest BCUT2D eigenvalue weighted by Crippen LogP contribution is -2.35. The Morgan fingerprint density at radius 2 is 1.62 bits per heavy atom. The second kappa shape index (κ2) is 3.95. The van der Waals surface area contributed by atoms with Crippen LogP contribution in [-0.4, -0.2) is 22.7 Å². The Bertz CT molecular complexity index is 372. The Labute approximate surface area is 105 Å². The zero-order chi connectivity index (χ0) is 12.8. The van der Waals surface area contributed by atoms with Gasteiger partial charge in [0.15, 0.2) is 5.82 Å². The van der Waals surface area contributed by atoms with Crippen LogP contribution in [0.5, 0.6) is 0 Å². The number of hydrogen-bond donors (Lipinski definition) is 1. The van der Waals surface area contributed by atoms with E-state index >= 15 is 0 Å². The predicted molar refractivity (Wildman–Crippen MR) is 73.5 cm³/mol. The largest absolute Gasteiger partial charge is 0.328 e.